The van der Waals surface area contributed by atoms with Gasteiger partial charge < -0.3 is 14.3 Å². The van der Waals surface area contributed by atoms with Crippen molar-refractivity contribution in [1.82, 2.24) is 19.8 Å². The van der Waals surface area contributed by atoms with Gasteiger partial charge >= 0.3 is 0 Å². The number of rotatable bonds is 6. The number of carbonyl (C=O) groups is 1. The first-order chi connectivity index (χ1) is 13.7. The minimum Gasteiger partial charge on any atom is -0.460 e. The summed E-state index contributed by atoms with van der Waals surface area (Å²) >= 11 is 0. The zero-order valence-electron chi connectivity index (χ0n) is 16.0. The van der Waals surface area contributed by atoms with Crippen molar-refractivity contribution >= 4 is 16.9 Å². The Morgan fingerprint density at radius 3 is 2.93 bits per heavy atom. The van der Waals surface area contributed by atoms with E-state index in [-0.39, 0.29) is 17.2 Å². The maximum Gasteiger partial charge on any atom is 0.223 e. The quantitative estimate of drug-likeness (QED) is 0.716. The van der Waals surface area contributed by atoms with Crippen molar-refractivity contribution in [3.8, 4) is 0 Å². The van der Waals surface area contributed by atoms with Crippen molar-refractivity contribution in [3.63, 3.8) is 0 Å². The number of imidazole rings is 1. The maximum absolute atomic E-state index is 12.5. The molecule has 1 unspecified atom stereocenters. The molecule has 146 valence electrons. The molecule has 1 aromatic carbocycles. The molecule has 2 aromatic heterocycles. The molecule has 6 nitrogen and oxygen atoms in total. The van der Waals surface area contributed by atoms with E-state index in [0.717, 1.165) is 56.8 Å². The molecule has 6 heteroatoms. The second-order valence-corrected chi connectivity index (χ2v) is 8.24. The van der Waals surface area contributed by atoms with E-state index in [1.165, 1.54) is 5.39 Å². The van der Waals surface area contributed by atoms with Gasteiger partial charge in [-0.2, -0.15) is 0 Å². The van der Waals surface area contributed by atoms with Crippen LogP contribution in [0.3, 0.4) is 0 Å². The van der Waals surface area contributed by atoms with Crippen molar-refractivity contribution in [2.24, 2.45) is 11.3 Å². The summed E-state index contributed by atoms with van der Waals surface area (Å²) in [6, 6.07) is 10.3. The Kier molecular flexibility index (Phi) is 4.43. The fourth-order valence-corrected chi connectivity index (χ4v) is 4.61. The molecule has 1 spiro atoms. The number of nitrogens with zero attached hydrogens (tertiary/aromatic N) is 3. The molecule has 28 heavy (non-hydrogen) atoms. The molecule has 1 saturated carbocycles. The van der Waals surface area contributed by atoms with Crippen molar-refractivity contribution in [2.45, 2.75) is 32.4 Å². The molecule has 0 bridgehead atoms. The standard InChI is InChI=1S/C22H26N4O2/c27-21(24-8-12-26-11-7-23-16-26)19-14-22(19)5-9-25(10-6-22)15-18-13-17-3-1-2-4-20(17)28-18/h1-4,7,11,13,16,19H,5-6,8-10,12,14-15H2,(H,24,27). The number of benzene rings is 1. The first-order valence-corrected chi connectivity index (χ1v) is 10.2. The fraction of sp³-hybridized carbons (Fsp3) is 0.455. The summed E-state index contributed by atoms with van der Waals surface area (Å²) in [4.78, 5) is 19.0. The van der Waals surface area contributed by atoms with Crippen LogP contribution < -0.4 is 5.32 Å². The van der Waals surface area contributed by atoms with Gasteiger partial charge in [-0.05, 0) is 49.9 Å². The largest absolute Gasteiger partial charge is 0.460 e. The lowest BCUT2D eigenvalue weighted by molar-refractivity contribution is -0.123. The Morgan fingerprint density at radius 2 is 2.14 bits per heavy atom. The van der Waals surface area contributed by atoms with Crippen LogP contribution in [-0.4, -0.2) is 40.0 Å². The molecule has 2 aliphatic rings. The van der Waals surface area contributed by atoms with Gasteiger partial charge in [0.1, 0.15) is 11.3 Å². The summed E-state index contributed by atoms with van der Waals surface area (Å²) in [6.07, 6.45) is 8.71. The summed E-state index contributed by atoms with van der Waals surface area (Å²) in [5.74, 6) is 1.45. The molecular weight excluding hydrogens is 352 g/mol. The highest BCUT2D eigenvalue weighted by molar-refractivity contribution is 5.82. The molecule has 5 rings (SSSR count). The zero-order chi connectivity index (χ0) is 19.0. The molecular formula is C22H26N4O2. The lowest BCUT2D eigenvalue weighted by Crippen LogP contribution is -2.37. The lowest BCUT2D eigenvalue weighted by Gasteiger charge is -2.32. The van der Waals surface area contributed by atoms with Crippen LogP contribution in [0.25, 0.3) is 11.0 Å². The monoisotopic (exact) mass is 378 g/mol. The van der Waals surface area contributed by atoms with Gasteiger partial charge in [-0.25, -0.2) is 4.98 Å². The van der Waals surface area contributed by atoms with E-state index in [2.05, 4.69) is 27.3 Å². The first-order valence-electron chi connectivity index (χ1n) is 10.2. The van der Waals surface area contributed by atoms with Crippen LogP contribution in [0, 0.1) is 11.3 Å². The van der Waals surface area contributed by atoms with Crippen LogP contribution in [0.15, 0.2) is 53.5 Å². The van der Waals surface area contributed by atoms with Gasteiger partial charge in [0.15, 0.2) is 0 Å². The molecule has 1 aliphatic carbocycles. The Balaban J connectivity index is 1.09. The second-order valence-electron chi connectivity index (χ2n) is 8.24. The third kappa shape index (κ3) is 3.44. The Hall–Kier alpha value is -2.60. The van der Waals surface area contributed by atoms with Crippen molar-refractivity contribution in [3.05, 3.63) is 54.8 Å². The van der Waals surface area contributed by atoms with Crippen LogP contribution in [0.4, 0.5) is 0 Å². The summed E-state index contributed by atoms with van der Waals surface area (Å²) in [5.41, 5.74) is 1.20. The van der Waals surface area contributed by atoms with E-state index in [0.29, 0.717) is 6.54 Å². The third-order valence-corrected chi connectivity index (χ3v) is 6.44. The summed E-state index contributed by atoms with van der Waals surface area (Å²) < 4.78 is 7.95. The Labute approximate surface area is 164 Å². The van der Waals surface area contributed by atoms with Crippen molar-refractivity contribution < 1.29 is 9.21 Å². The number of para-hydroxylation sites is 1. The number of piperidine rings is 1. The van der Waals surface area contributed by atoms with E-state index in [4.69, 9.17) is 4.42 Å². The maximum atomic E-state index is 12.5. The Bertz CT molecular complexity index is 921. The zero-order valence-corrected chi connectivity index (χ0v) is 16.0. The number of nitrogens with one attached hydrogen (secondary N) is 1. The van der Waals surface area contributed by atoms with E-state index in [9.17, 15) is 4.79 Å². The normalized spacial score (nSPS) is 21.2. The van der Waals surface area contributed by atoms with Crippen LogP contribution in [0.1, 0.15) is 25.0 Å². The van der Waals surface area contributed by atoms with Crippen LogP contribution in [0.5, 0.6) is 0 Å². The highest BCUT2D eigenvalue weighted by atomic mass is 16.3. The molecule has 1 N–H and O–H groups in total. The molecule has 3 aromatic rings. The fourth-order valence-electron chi connectivity index (χ4n) is 4.61. The predicted molar refractivity (Wildman–Crippen MR) is 107 cm³/mol. The van der Waals surface area contributed by atoms with E-state index >= 15 is 0 Å². The predicted octanol–water partition coefficient (Wildman–Crippen LogP) is 3.05. The number of carbonyl (C=O) groups excluding carboxylic acids is 1. The SMILES string of the molecule is O=C(NCCn1ccnc1)C1CC12CCN(Cc1cc3ccccc3o1)CC2. The van der Waals surface area contributed by atoms with Crippen LogP contribution in [0.2, 0.25) is 0 Å². The van der Waals surface area contributed by atoms with Gasteiger partial charge in [0.25, 0.3) is 0 Å². The van der Waals surface area contributed by atoms with Gasteiger partial charge in [0, 0.05) is 36.8 Å². The average molecular weight is 378 g/mol. The number of hydrogen-bond donors (Lipinski definition) is 1. The van der Waals surface area contributed by atoms with Gasteiger partial charge in [-0.1, -0.05) is 18.2 Å². The average Bonchev–Trinajstić information content (AvgIpc) is 3.05. The summed E-state index contributed by atoms with van der Waals surface area (Å²) in [7, 11) is 0. The molecule has 1 aliphatic heterocycles. The highest BCUT2D eigenvalue weighted by Crippen LogP contribution is 2.59. The molecule has 2 fully saturated rings. The van der Waals surface area contributed by atoms with Crippen LogP contribution in [-0.2, 0) is 17.9 Å². The van der Waals surface area contributed by atoms with E-state index < -0.39 is 0 Å². The van der Waals surface area contributed by atoms with E-state index in [1.807, 2.05) is 29.0 Å². The number of hydrogen-bond acceptors (Lipinski definition) is 4. The van der Waals surface area contributed by atoms with Gasteiger partial charge in [-0.3, -0.25) is 9.69 Å². The molecule has 1 atom stereocenters. The number of likely N-dealkylation sites (tertiary alicyclic amines) is 1. The smallest absolute Gasteiger partial charge is 0.223 e. The van der Waals surface area contributed by atoms with Gasteiger partial charge in [0.2, 0.25) is 5.91 Å². The Morgan fingerprint density at radius 1 is 1.29 bits per heavy atom. The van der Waals surface area contributed by atoms with Crippen molar-refractivity contribution in [1.29, 1.82) is 0 Å². The van der Waals surface area contributed by atoms with Crippen LogP contribution >= 0.6 is 0 Å². The van der Waals surface area contributed by atoms with Gasteiger partial charge in [-0.15, -0.1) is 0 Å². The third-order valence-electron chi connectivity index (χ3n) is 6.44. The number of amides is 1. The molecule has 3 heterocycles. The summed E-state index contributed by atoms with van der Waals surface area (Å²) in [5, 5.41) is 4.27. The number of furan rings is 1. The highest BCUT2D eigenvalue weighted by Gasteiger charge is 2.58. The molecule has 1 amide bonds. The minimum absolute atomic E-state index is 0.198. The second kappa shape index (κ2) is 7.09. The molecule has 1 saturated heterocycles. The molecule has 0 radical (unpaired) electrons. The van der Waals surface area contributed by atoms with Gasteiger partial charge in [0.05, 0.1) is 12.9 Å². The van der Waals surface area contributed by atoms with E-state index in [1.54, 1.807) is 12.5 Å². The first kappa shape index (κ1) is 17.5. The lowest BCUT2D eigenvalue weighted by atomic mass is 9.90. The minimum atomic E-state index is 0.198. The number of fused-ring (bicyclic) bond motifs is 1. The summed E-state index contributed by atoms with van der Waals surface area (Å²) in [6.45, 7) is 4.37. The number of aromatic nitrogens is 2. The topological polar surface area (TPSA) is 63.3 Å². The van der Waals surface area contributed by atoms with Crippen molar-refractivity contribution in [2.75, 3.05) is 19.6 Å².